The summed E-state index contributed by atoms with van der Waals surface area (Å²) >= 11 is 0. The van der Waals surface area contributed by atoms with Crippen molar-refractivity contribution in [1.29, 1.82) is 5.26 Å². The first-order valence-electron chi connectivity index (χ1n) is 28.6. The molecule has 0 saturated heterocycles. The average molecular weight is 1140 g/mol. The van der Waals surface area contributed by atoms with Gasteiger partial charge in [-0.05, 0) is 224 Å². The first-order valence-corrected chi connectivity index (χ1v) is 28.6. The average Bonchev–Trinajstić information content (AvgIpc) is 1.64. The zero-order valence-corrected chi connectivity index (χ0v) is 48.7. The molecule has 0 aliphatic rings. The molecular formula is C77H57F6N3. The normalized spacial score (nSPS) is 12.1. The molecule has 0 aliphatic heterocycles. The van der Waals surface area contributed by atoms with E-state index in [9.17, 15) is 31.6 Å². The number of rotatable bonds is 8. The van der Waals surface area contributed by atoms with Crippen molar-refractivity contribution in [2.45, 2.75) is 67.7 Å². The molecule has 86 heavy (non-hydrogen) atoms. The Labute approximate surface area is 495 Å². The summed E-state index contributed by atoms with van der Waals surface area (Å²) in [6, 6.07) is 65.7. The molecule has 0 amide bonds. The second-order valence-corrected chi connectivity index (χ2v) is 23.2. The fourth-order valence-electron chi connectivity index (χ4n) is 13.1. The van der Waals surface area contributed by atoms with Gasteiger partial charge in [0.25, 0.3) is 0 Å². The van der Waals surface area contributed by atoms with Gasteiger partial charge in [-0.3, -0.25) is 0 Å². The smallest absolute Gasteiger partial charge is 0.309 e. The Kier molecular flexibility index (Phi) is 13.3. The highest BCUT2D eigenvalue weighted by molar-refractivity contribution is 6.14. The molecule has 0 spiro atoms. The molecule has 13 aromatic rings. The van der Waals surface area contributed by atoms with E-state index in [1.165, 1.54) is 0 Å². The number of nitriles is 1. The highest BCUT2D eigenvalue weighted by atomic mass is 19.4. The summed E-state index contributed by atoms with van der Waals surface area (Å²) in [6.07, 6.45) is -10.2. The van der Waals surface area contributed by atoms with E-state index in [-0.39, 0.29) is 22.8 Å². The molecule has 2 aromatic heterocycles. The van der Waals surface area contributed by atoms with Crippen LogP contribution in [-0.4, -0.2) is 9.13 Å². The topological polar surface area (TPSA) is 33.6 Å². The predicted molar refractivity (Wildman–Crippen MR) is 340 cm³/mol. The van der Waals surface area contributed by atoms with Crippen molar-refractivity contribution in [3.8, 4) is 84.2 Å². The molecule has 0 radical (unpaired) electrons. The van der Waals surface area contributed by atoms with Crippen LogP contribution < -0.4 is 0 Å². The predicted octanol–water partition coefficient (Wildman–Crippen LogP) is 22.3. The molecule has 0 atom stereocenters. The number of nitrogens with zero attached hydrogens (tertiary/aromatic N) is 3. The Morgan fingerprint density at radius 3 is 1.00 bits per heavy atom. The van der Waals surface area contributed by atoms with E-state index in [0.29, 0.717) is 22.5 Å². The minimum Gasteiger partial charge on any atom is -0.309 e. The number of alkyl halides is 6. The van der Waals surface area contributed by atoms with Crippen LogP contribution >= 0.6 is 0 Å². The van der Waals surface area contributed by atoms with Gasteiger partial charge in [0.15, 0.2) is 0 Å². The van der Waals surface area contributed by atoms with Gasteiger partial charge in [-0.1, -0.05) is 131 Å². The fraction of sp³-hybridized carbons (Fsp3) is 0.130. The van der Waals surface area contributed by atoms with E-state index in [1.807, 2.05) is 12.1 Å². The maximum Gasteiger partial charge on any atom is 0.416 e. The molecule has 0 saturated carbocycles. The Hall–Kier alpha value is -9.91. The van der Waals surface area contributed by atoms with Crippen molar-refractivity contribution in [1.82, 2.24) is 9.13 Å². The third kappa shape index (κ3) is 9.60. The first kappa shape index (κ1) is 55.3. The van der Waals surface area contributed by atoms with Crippen LogP contribution in [0.3, 0.4) is 0 Å². The summed E-state index contributed by atoms with van der Waals surface area (Å²) in [7, 11) is 0. The van der Waals surface area contributed by atoms with Gasteiger partial charge in [-0.25, -0.2) is 0 Å². The number of hydrogen-bond acceptors (Lipinski definition) is 1. The molecule has 2 heterocycles. The van der Waals surface area contributed by atoms with Crippen LogP contribution in [0.1, 0.15) is 61.2 Å². The van der Waals surface area contributed by atoms with Gasteiger partial charge in [0.05, 0.1) is 56.2 Å². The zero-order chi connectivity index (χ0) is 60.2. The molecule has 9 heteroatoms. The Balaban J connectivity index is 1.14. The van der Waals surface area contributed by atoms with Crippen LogP contribution in [-0.2, 0) is 12.4 Å². The van der Waals surface area contributed by atoms with Gasteiger partial charge < -0.3 is 9.13 Å². The maximum atomic E-state index is 14.8. The van der Waals surface area contributed by atoms with Crippen molar-refractivity contribution in [3.05, 3.63) is 261 Å². The van der Waals surface area contributed by atoms with Crippen molar-refractivity contribution in [3.63, 3.8) is 0 Å². The summed E-state index contributed by atoms with van der Waals surface area (Å²) in [5.74, 6) is 0. The van der Waals surface area contributed by atoms with Crippen molar-refractivity contribution < 1.29 is 26.3 Å². The third-order valence-electron chi connectivity index (χ3n) is 17.1. The molecule has 0 bridgehead atoms. The minimum absolute atomic E-state index is 0.0903. The van der Waals surface area contributed by atoms with E-state index >= 15 is 0 Å². The monoisotopic (exact) mass is 1140 g/mol. The number of benzene rings is 11. The fourth-order valence-corrected chi connectivity index (χ4v) is 13.1. The highest BCUT2D eigenvalue weighted by Crippen LogP contribution is 2.48. The molecular weight excluding hydrogens is 1080 g/mol. The number of aryl methyl sites for hydroxylation is 8. The van der Waals surface area contributed by atoms with E-state index in [4.69, 9.17) is 0 Å². The van der Waals surface area contributed by atoms with Crippen molar-refractivity contribution in [2.75, 3.05) is 0 Å². The number of halogens is 6. The largest absolute Gasteiger partial charge is 0.416 e. The Morgan fingerprint density at radius 2 is 0.663 bits per heavy atom. The van der Waals surface area contributed by atoms with Crippen LogP contribution in [0, 0.1) is 66.7 Å². The highest BCUT2D eigenvalue weighted by Gasteiger charge is 2.37. The number of fused-ring (bicyclic) bond motifs is 6. The lowest BCUT2D eigenvalue weighted by Gasteiger charge is -2.21. The second kappa shape index (κ2) is 20.7. The molecule has 13 rings (SSSR count). The van der Waals surface area contributed by atoms with Gasteiger partial charge in [-0.2, -0.15) is 31.6 Å². The Bertz CT molecular complexity index is 4770. The lowest BCUT2D eigenvalue weighted by atomic mass is 9.91. The van der Waals surface area contributed by atoms with Gasteiger partial charge in [0.2, 0.25) is 0 Å². The number of aromatic nitrogens is 2. The van der Waals surface area contributed by atoms with E-state index in [2.05, 4.69) is 216 Å². The second-order valence-electron chi connectivity index (χ2n) is 23.2. The van der Waals surface area contributed by atoms with Crippen LogP contribution in [0.15, 0.2) is 200 Å². The summed E-state index contributed by atoms with van der Waals surface area (Å²) in [4.78, 5) is 0. The number of hydrogen-bond donors (Lipinski definition) is 0. The summed E-state index contributed by atoms with van der Waals surface area (Å²) in [5, 5.41) is 15.2. The van der Waals surface area contributed by atoms with Crippen LogP contribution in [0.25, 0.3) is 122 Å². The summed E-state index contributed by atoms with van der Waals surface area (Å²) in [5.41, 5.74) is 19.7. The maximum absolute atomic E-state index is 14.8. The van der Waals surface area contributed by atoms with E-state index in [0.717, 1.165) is 145 Å². The minimum atomic E-state index is -5.10. The van der Waals surface area contributed by atoms with Crippen molar-refractivity contribution >= 4 is 43.6 Å². The lowest BCUT2D eigenvalue weighted by molar-refractivity contribution is -0.143. The molecule has 0 N–H and O–H groups in total. The Morgan fingerprint density at radius 1 is 0.314 bits per heavy atom. The van der Waals surface area contributed by atoms with Gasteiger partial charge >= 0.3 is 12.4 Å². The zero-order valence-electron chi connectivity index (χ0n) is 48.7. The van der Waals surface area contributed by atoms with Gasteiger partial charge in [-0.15, -0.1) is 0 Å². The quantitative estimate of drug-likeness (QED) is 0.140. The summed E-state index contributed by atoms with van der Waals surface area (Å²) < 4.78 is 92.8. The molecule has 11 aromatic carbocycles. The molecule has 0 aliphatic carbocycles. The summed E-state index contributed by atoms with van der Waals surface area (Å²) in [6.45, 7) is 16.7. The van der Waals surface area contributed by atoms with E-state index in [1.54, 1.807) is 24.3 Å². The third-order valence-corrected chi connectivity index (χ3v) is 17.1. The lowest BCUT2D eigenvalue weighted by Crippen LogP contribution is -2.11. The van der Waals surface area contributed by atoms with Crippen LogP contribution in [0.2, 0.25) is 0 Å². The SMILES string of the molecule is Cc1ccc(-c2ccc3c(c2)c2cc(-c4ccc(C)cc4C)ccc2n3-c2ccc(-c3cc(C(F)(F)F)cc(C(F)(F)F)c3)cc2-c2c(C#N)cccc2-n2c3ccc(-c4ccc(C)cc4C)cc3c3cc(-c4ccc(C)cc4C)ccc32)c(C)c1. The van der Waals surface area contributed by atoms with Crippen LogP contribution in [0.5, 0.6) is 0 Å². The standard InChI is InChI=1S/C77H57F6N3/c1-43-12-21-60(47(5)30-43)52-17-26-69-64(37-52)65-38-53(61-22-13-44(2)31-48(61)6)18-27-70(65)85(69)73-25-16-51(57-34-58(76(78,79)80)41-59(35-57)77(81,82)83)36-68(73)75-56(42-84)10-9-11-74(75)86-71-28-19-54(62-23-14-45(3)32-49(62)7)39-66(71)67-40-55(20-29-72(67)86)63-24-15-46(4)33-50(63)8/h9-41H,1-8H3. The molecule has 3 nitrogen and oxygen atoms in total. The molecule has 0 fully saturated rings. The van der Waals surface area contributed by atoms with Crippen molar-refractivity contribution in [2.24, 2.45) is 0 Å². The van der Waals surface area contributed by atoms with E-state index < -0.39 is 23.5 Å². The first-order chi connectivity index (χ1) is 41.1. The van der Waals surface area contributed by atoms with Gasteiger partial charge in [0, 0.05) is 32.7 Å². The van der Waals surface area contributed by atoms with Gasteiger partial charge in [0.1, 0.15) is 0 Å². The molecule has 0 unspecified atom stereocenters. The molecule has 422 valence electrons. The van der Waals surface area contributed by atoms with Crippen LogP contribution in [0.4, 0.5) is 26.3 Å².